The molecule has 1 heterocycles. The normalized spacial score (nSPS) is 10.5. The summed E-state index contributed by atoms with van der Waals surface area (Å²) < 4.78 is 10.1. The molecule has 0 amide bonds. The summed E-state index contributed by atoms with van der Waals surface area (Å²) in [6.07, 6.45) is 0. The van der Waals surface area contributed by atoms with Gasteiger partial charge in [-0.25, -0.2) is 4.79 Å². The number of ether oxygens (including phenoxy) is 1. The van der Waals surface area contributed by atoms with E-state index in [0.717, 1.165) is 0 Å². The summed E-state index contributed by atoms with van der Waals surface area (Å²) in [6.45, 7) is -0.222. The minimum Gasteiger partial charge on any atom is -0.493 e. The van der Waals surface area contributed by atoms with E-state index in [0.29, 0.717) is 16.7 Å². The number of nitrogens with two attached hydrogens (primary N) is 1. The molecule has 2 rings (SSSR count). The van der Waals surface area contributed by atoms with E-state index in [9.17, 15) is 9.59 Å². The molecule has 17 heavy (non-hydrogen) atoms. The van der Waals surface area contributed by atoms with Gasteiger partial charge in [0.15, 0.2) is 17.1 Å². The van der Waals surface area contributed by atoms with Crippen LogP contribution in [-0.2, 0) is 0 Å². The van der Waals surface area contributed by atoms with Crippen molar-refractivity contribution in [1.29, 1.82) is 0 Å². The largest absolute Gasteiger partial charge is 0.493 e. The van der Waals surface area contributed by atoms with Crippen molar-refractivity contribution in [3.8, 4) is 5.75 Å². The minimum absolute atomic E-state index is 0.0340. The van der Waals surface area contributed by atoms with Crippen LogP contribution in [0.15, 0.2) is 33.5 Å². The third-order valence-corrected chi connectivity index (χ3v) is 2.43. The monoisotopic (exact) mass is 233 g/mol. The van der Waals surface area contributed by atoms with Crippen LogP contribution in [0.1, 0.15) is 10.4 Å². The predicted octanol–water partition coefficient (Wildman–Crippen LogP) is 0.943. The van der Waals surface area contributed by atoms with Crippen LogP contribution in [0.5, 0.6) is 5.75 Å². The molecule has 0 aliphatic rings. The molecular weight excluding hydrogens is 222 g/mol. The van der Waals surface area contributed by atoms with Crippen LogP contribution >= 0.6 is 0 Å². The molecule has 2 N–H and O–H groups in total. The van der Waals surface area contributed by atoms with Gasteiger partial charge < -0.3 is 14.9 Å². The zero-order valence-corrected chi connectivity index (χ0v) is 9.23. The number of rotatable bonds is 3. The maximum Gasteiger partial charge on any atom is 0.347 e. The molecule has 2 aromatic rings. The first-order valence-corrected chi connectivity index (χ1v) is 5.01. The first kappa shape index (κ1) is 11.3. The van der Waals surface area contributed by atoms with Crippen molar-refractivity contribution in [2.75, 3.05) is 13.7 Å². The lowest BCUT2D eigenvalue weighted by Gasteiger charge is -2.04. The fourth-order valence-electron chi connectivity index (χ4n) is 1.58. The fraction of sp³-hybridized carbons (Fsp3) is 0.167. The van der Waals surface area contributed by atoms with Gasteiger partial charge in [-0.2, -0.15) is 0 Å². The number of benzene rings is 1. The Bertz CT molecular complexity index is 630. The SMILES string of the molecule is COc1cccc2cc(C(=O)CN)c(=O)oc12. The Morgan fingerprint density at radius 3 is 2.88 bits per heavy atom. The summed E-state index contributed by atoms with van der Waals surface area (Å²) in [5.41, 5.74) is 4.81. The molecule has 88 valence electrons. The molecule has 5 nitrogen and oxygen atoms in total. The Kier molecular flexibility index (Phi) is 2.93. The van der Waals surface area contributed by atoms with E-state index in [2.05, 4.69) is 0 Å². The Balaban J connectivity index is 2.75. The van der Waals surface area contributed by atoms with E-state index >= 15 is 0 Å². The van der Waals surface area contributed by atoms with E-state index in [-0.39, 0.29) is 12.1 Å². The molecule has 0 fully saturated rings. The van der Waals surface area contributed by atoms with E-state index in [4.69, 9.17) is 14.9 Å². The molecule has 0 radical (unpaired) electrons. The summed E-state index contributed by atoms with van der Waals surface area (Å²) in [4.78, 5) is 23.0. The molecule has 0 spiro atoms. The van der Waals surface area contributed by atoms with Gasteiger partial charge in [0.2, 0.25) is 0 Å². The van der Waals surface area contributed by atoms with Gasteiger partial charge in [-0.05, 0) is 12.1 Å². The molecule has 1 aromatic carbocycles. The summed E-state index contributed by atoms with van der Waals surface area (Å²) in [5.74, 6) is 0.00909. The third-order valence-electron chi connectivity index (χ3n) is 2.43. The van der Waals surface area contributed by atoms with Gasteiger partial charge >= 0.3 is 5.63 Å². The summed E-state index contributed by atoms with van der Waals surface area (Å²) in [5, 5.41) is 0.626. The van der Waals surface area contributed by atoms with E-state index < -0.39 is 11.4 Å². The highest BCUT2D eigenvalue weighted by atomic mass is 16.5. The number of Topliss-reactive ketones (excluding diaryl/α,β-unsaturated/α-hetero) is 1. The number of hydrogen-bond acceptors (Lipinski definition) is 5. The number of carbonyl (C=O) groups excluding carboxylic acids is 1. The van der Waals surface area contributed by atoms with Crippen molar-refractivity contribution in [1.82, 2.24) is 0 Å². The number of carbonyl (C=O) groups is 1. The maximum absolute atomic E-state index is 11.6. The van der Waals surface area contributed by atoms with E-state index in [1.165, 1.54) is 13.2 Å². The standard InChI is InChI=1S/C12H11NO4/c1-16-10-4-2-3-7-5-8(9(14)6-13)12(15)17-11(7)10/h2-5H,6,13H2,1H3. The molecule has 0 atom stereocenters. The zero-order valence-electron chi connectivity index (χ0n) is 9.23. The summed E-state index contributed by atoms with van der Waals surface area (Å²) in [7, 11) is 1.48. The van der Waals surface area contributed by atoms with Crippen LogP contribution in [0, 0.1) is 0 Å². The Labute approximate surface area is 96.8 Å². The average Bonchev–Trinajstić information content (AvgIpc) is 2.36. The van der Waals surface area contributed by atoms with Crippen molar-refractivity contribution >= 4 is 16.8 Å². The number of fused-ring (bicyclic) bond motifs is 1. The van der Waals surface area contributed by atoms with Crippen LogP contribution in [0.2, 0.25) is 0 Å². The van der Waals surface area contributed by atoms with Crippen molar-refractivity contribution < 1.29 is 13.9 Å². The van der Waals surface area contributed by atoms with Crippen LogP contribution in [0.3, 0.4) is 0 Å². The number of ketones is 1. The first-order valence-electron chi connectivity index (χ1n) is 5.01. The molecule has 1 aromatic heterocycles. The fourth-order valence-corrected chi connectivity index (χ4v) is 1.58. The zero-order chi connectivity index (χ0) is 12.4. The summed E-state index contributed by atoms with van der Waals surface area (Å²) >= 11 is 0. The number of methoxy groups -OCH3 is 1. The lowest BCUT2D eigenvalue weighted by atomic mass is 10.1. The molecule has 0 bridgehead atoms. The van der Waals surface area contributed by atoms with Gasteiger partial charge in [0.25, 0.3) is 0 Å². The van der Waals surface area contributed by atoms with Crippen LogP contribution in [0.4, 0.5) is 0 Å². The highest BCUT2D eigenvalue weighted by Gasteiger charge is 2.13. The molecule has 0 aliphatic heterocycles. The first-order chi connectivity index (χ1) is 8.17. The lowest BCUT2D eigenvalue weighted by Crippen LogP contribution is -2.21. The van der Waals surface area contributed by atoms with Crippen molar-refractivity contribution in [3.63, 3.8) is 0 Å². The quantitative estimate of drug-likeness (QED) is 0.630. The molecule has 0 unspecified atom stereocenters. The third kappa shape index (κ3) is 1.92. The van der Waals surface area contributed by atoms with Gasteiger partial charge in [0, 0.05) is 5.39 Å². The number of para-hydroxylation sites is 1. The van der Waals surface area contributed by atoms with Gasteiger partial charge in [-0.3, -0.25) is 4.79 Å². The van der Waals surface area contributed by atoms with Gasteiger partial charge in [-0.1, -0.05) is 12.1 Å². The second kappa shape index (κ2) is 4.39. The summed E-state index contributed by atoms with van der Waals surface area (Å²) in [6, 6.07) is 6.63. The smallest absolute Gasteiger partial charge is 0.347 e. The highest BCUT2D eigenvalue weighted by molar-refractivity contribution is 5.99. The lowest BCUT2D eigenvalue weighted by molar-refractivity contribution is 0.0998. The predicted molar refractivity (Wildman–Crippen MR) is 62.4 cm³/mol. The molecular formula is C12H11NO4. The van der Waals surface area contributed by atoms with Crippen molar-refractivity contribution in [3.05, 3.63) is 40.2 Å². The topological polar surface area (TPSA) is 82.5 Å². The molecule has 5 heteroatoms. The van der Waals surface area contributed by atoms with Gasteiger partial charge in [0.1, 0.15) is 5.56 Å². The Morgan fingerprint density at radius 1 is 1.47 bits per heavy atom. The van der Waals surface area contributed by atoms with Gasteiger partial charge in [-0.15, -0.1) is 0 Å². The van der Waals surface area contributed by atoms with Crippen molar-refractivity contribution in [2.45, 2.75) is 0 Å². The van der Waals surface area contributed by atoms with E-state index in [1.807, 2.05) is 0 Å². The Morgan fingerprint density at radius 2 is 2.24 bits per heavy atom. The highest BCUT2D eigenvalue weighted by Crippen LogP contribution is 2.24. The Hall–Kier alpha value is -2.14. The van der Waals surface area contributed by atoms with E-state index in [1.54, 1.807) is 18.2 Å². The second-order valence-electron chi connectivity index (χ2n) is 3.45. The van der Waals surface area contributed by atoms with Crippen LogP contribution in [-0.4, -0.2) is 19.4 Å². The number of hydrogen-bond donors (Lipinski definition) is 1. The van der Waals surface area contributed by atoms with Crippen LogP contribution < -0.4 is 16.1 Å². The molecule has 0 aliphatic carbocycles. The maximum atomic E-state index is 11.6. The van der Waals surface area contributed by atoms with Crippen molar-refractivity contribution in [2.24, 2.45) is 5.73 Å². The second-order valence-corrected chi connectivity index (χ2v) is 3.45. The van der Waals surface area contributed by atoms with Gasteiger partial charge in [0.05, 0.1) is 13.7 Å². The minimum atomic E-state index is -0.697. The molecule has 0 saturated carbocycles. The van der Waals surface area contributed by atoms with Crippen LogP contribution in [0.25, 0.3) is 11.0 Å². The molecule has 0 saturated heterocycles. The average molecular weight is 233 g/mol.